The Morgan fingerprint density at radius 3 is 2.39 bits per heavy atom. The first-order valence-electron chi connectivity index (χ1n) is 8.92. The predicted octanol–water partition coefficient (Wildman–Crippen LogP) is 4.33. The molecule has 1 saturated heterocycles. The molecule has 0 radical (unpaired) electrons. The highest BCUT2D eigenvalue weighted by Gasteiger charge is 2.25. The fourth-order valence-electron chi connectivity index (χ4n) is 3.03. The molecular weight excluding hydrogens is 418 g/mol. The van der Waals surface area contributed by atoms with Crippen LogP contribution in [-0.4, -0.2) is 38.0 Å². The number of halogens is 1. The van der Waals surface area contributed by atoms with Crippen LogP contribution in [0.3, 0.4) is 0 Å². The van der Waals surface area contributed by atoms with E-state index in [1.165, 1.54) is 0 Å². The molecule has 2 aromatic rings. The van der Waals surface area contributed by atoms with Crippen molar-refractivity contribution in [3.05, 3.63) is 47.5 Å². The van der Waals surface area contributed by atoms with Gasteiger partial charge in [-0.2, -0.15) is 4.31 Å². The molecule has 0 unspecified atom stereocenters. The van der Waals surface area contributed by atoms with Gasteiger partial charge in [0.2, 0.25) is 10.0 Å². The number of piperidine rings is 1. The smallest absolute Gasteiger partial charge is 0.243 e. The Morgan fingerprint density at radius 1 is 1.07 bits per heavy atom. The first-order valence-corrected chi connectivity index (χ1v) is 11.1. The van der Waals surface area contributed by atoms with Gasteiger partial charge in [0.1, 0.15) is 5.75 Å². The van der Waals surface area contributed by atoms with Crippen LogP contribution in [0.25, 0.3) is 0 Å². The lowest BCUT2D eigenvalue weighted by Crippen LogP contribution is -2.35. The van der Waals surface area contributed by atoms with Crippen LogP contribution in [0.15, 0.2) is 47.4 Å². The molecular formula is C19H22ClN3O3S2. The highest BCUT2D eigenvalue weighted by molar-refractivity contribution is 7.89. The summed E-state index contributed by atoms with van der Waals surface area (Å²) in [5, 5.41) is 6.96. The van der Waals surface area contributed by atoms with Crippen molar-refractivity contribution in [2.45, 2.75) is 24.2 Å². The summed E-state index contributed by atoms with van der Waals surface area (Å²) in [6.07, 6.45) is 2.90. The average molecular weight is 440 g/mol. The minimum atomic E-state index is -3.44. The van der Waals surface area contributed by atoms with Crippen LogP contribution in [0.1, 0.15) is 19.3 Å². The van der Waals surface area contributed by atoms with Gasteiger partial charge < -0.3 is 15.4 Å². The second-order valence-corrected chi connectivity index (χ2v) is 9.20. The third-order valence-electron chi connectivity index (χ3n) is 4.47. The molecule has 28 heavy (non-hydrogen) atoms. The van der Waals surface area contributed by atoms with Gasteiger partial charge in [-0.1, -0.05) is 18.0 Å². The van der Waals surface area contributed by atoms with Crippen molar-refractivity contribution < 1.29 is 13.2 Å². The molecule has 1 aliphatic heterocycles. The van der Waals surface area contributed by atoms with Gasteiger partial charge in [-0.3, -0.25) is 0 Å². The second kappa shape index (κ2) is 9.09. The molecule has 0 spiro atoms. The number of nitrogens with one attached hydrogen (secondary N) is 2. The minimum absolute atomic E-state index is 0.287. The fourth-order valence-corrected chi connectivity index (χ4v) is 4.94. The second-order valence-electron chi connectivity index (χ2n) is 6.41. The number of benzene rings is 2. The topological polar surface area (TPSA) is 70.7 Å². The molecule has 6 nitrogen and oxygen atoms in total. The summed E-state index contributed by atoms with van der Waals surface area (Å²) in [6, 6.07) is 11.8. The van der Waals surface area contributed by atoms with Crippen LogP contribution in [0, 0.1) is 0 Å². The molecule has 1 heterocycles. The van der Waals surface area contributed by atoms with Crippen LogP contribution in [-0.2, 0) is 10.0 Å². The number of hydrogen-bond acceptors (Lipinski definition) is 4. The van der Waals surface area contributed by atoms with Crippen molar-refractivity contribution in [2.24, 2.45) is 0 Å². The third kappa shape index (κ3) is 4.94. The first kappa shape index (κ1) is 20.9. The molecule has 0 aromatic heterocycles. The molecule has 0 bridgehead atoms. The van der Waals surface area contributed by atoms with Crippen LogP contribution < -0.4 is 15.4 Å². The lowest BCUT2D eigenvalue weighted by molar-refractivity contribution is 0.346. The highest BCUT2D eigenvalue weighted by Crippen LogP contribution is 2.28. The Hall–Kier alpha value is -1.87. The van der Waals surface area contributed by atoms with Gasteiger partial charge in [-0.25, -0.2) is 8.42 Å². The van der Waals surface area contributed by atoms with Gasteiger partial charge in [-0.05, 0) is 67.5 Å². The zero-order valence-corrected chi connectivity index (χ0v) is 17.8. The summed E-state index contributed by atoms with van der Waals surface area (Å²) in [6.45, 7) is 1.16. The lowest BCUT2D eigenvalue weighted by atomic mass is 10.2. The third-order valence-corrected chi connectivity index (χ3v) is 6.83. The number of anilines is 2. The minimum Gasteiger partial charge on any atom is -0.495 e. The van der Waals surface area contributed by atoms with E-state index in [4.69, 9.17) is 28.6 Å². The van der Waals surface area contributed by atoms with Crippen LogP contribution in [0.2, 0.25) is 5.02 Å². The summed E-state index contributed by atoms with van der Waals surface area (Å²) < 4.78 is 32.2. The number of nitrogens with zero attached hydrogens (tertiary/aromatic N) is 1. The van der Waals surface area contributed by atoms with E-state index in [1.807, 2.05) is 0 Å². The fraction of sp³-hybridized carbons (Fsp3) is 0.316. The first-order chi connectivity index (χ1) is 13.4. The zero-order chi connectivity index (χ0) is 20.1. The van der Waals surface area contributed by atoms with Crippen molar-refractivity contribution in [3.63, 3.8) is 0 Å². The van der Waals surface area contributed by atoms with Gasteiger partial charge in [0, 0.05) is 23.8 Å². The molecule has 0 amide bonds. The van der Waals surface area contributed by atoms with Crippen molar-refractivity contribution in [2.75, 3.05) is 30.8 Å². The Kier molecular flexibility index (Phi) is 6.77. The van der Waals surface area contributed by atoms with Crippen LogP contribution >= 0.6 is 23.8 Å². The van der Waals surface area contributed by atoms with E-state index in [0.717, 1.165) is 19.3 Å². The van der Waals surface area contributed by atoms with E-state index in [-0.39, 0.29) is 4.90 Å². The maximum absolute atomic E-state index is 12.7. The van der Waals surface area contributed by atoms with Gasteiger partial charge >= 0.3 is 0 Å². The lowest BCUT2D eigenvalue weighted by Gasteiger charge is -2.25. The van der Waals surface area contributed by atoms with Crippen molar-refractivity contribution in [3.8, 4) is 5.75 Å². The summed E-state index contributed by atoms with van der Waals surface area (Å²) in [4.78, 5) is 0.287. The average Bonchev–Trinajstić information content (AvgIpc) is 2.69. The number of thiocarbonyl (C=S) groups is 1. The molecule has 0 aliphatic carbocycles. The van der Waals surface area contributed by atoms with Gasteiger partial charge in [0.15, 0.2) is 5.11 Å². The van der Waals surface area contributed by atoms with E-state index >= 15 is 0 Å². The molecule has 3 rings (SSSR count). The van der Waals surface area contributed by atoms with E-state index in [9.17, 15) is 8.42 Å². The Balaban J connectivity index is 1.67. The Morgan fingerprint density at radius 2 is 1.75 bits per heavy atom. The quantitative estimate of drug-likeness (QED) is 0.675. The number of methoxy groups -OCH3 is 1. The molecule has 0 saturated carbocycles. The number of hydrogen-bond donors (Lipinski definition) is 2. The summed E-state index contributed by atoms with van der Waals surface area (Å²) in [5.41, 5.74) is 1.31. The van der Waals surface area contributed by atoms with Crippen LogP contribution in [0.5, 0.6) is 5.75 Å². The van der Waals surface area contributed by atoms with Gasteiger partial charge in [0.25, 0.3) is 0 Å². The Labute approximate surface area is 175 Å². The maximum Gasteiger partial charge on any atom is 0.243 e. The summed E-state index contributed by atoms with van der Waals surface area (Å²) in [7, 11) is -1.88. The van der Waals surface area contributed by atoms with Gasteiger partial charge in [-0.15, -0.1) is 0 Å². The molecule has 0 atom stereocenters. The van der Waals surface area contributed by atoms with Crippen LogP contribution in [0.4, 0.5) is 11.4 Å². The standard InChI is InChI=1S/C19H22ClN3O3S2/c1-26-18-10-5-14(20)13-17(18)22-19(27)21-15-6-8-16(9-7-15)28(24,25)23-11-3-2-4-12-23/h5-10,13H,2-4,11-12H2,1H3,(H2,21,22,27). The summed E-state index contributed by atoms with van der Waals surface area (Å²) >= 11 is 11.4. The van der Waals surface area contributed by atoms with Crippen molar-refractivity contribution >= 4 is 50.3 Å². The monoisotopic (exact) mass is 439 g/mol. The molecule has 1 aliphatic rings. The van der Waals surface area contributed by atoms with E-state index in [0.29, 0.717) is 40.3 Å². The zero-order valence-electron chi connectivity index (χ0n) is 15.4. The number of rotatable bonds is 5. The molecule has 1 fully saturated rings. The largest absolute Gasteiger partial charge is 0.495 e. The van der Waals surface area contributed by atoms with E-state index in [1.54, 1.807) is 53.9 Å². The normalized spacial score (nSPS) is 15.1. The van der Waals surface area contributed by atoms with Crippen molar-refractivity contribution in [1.29, 1.82) is 0 Å². The summed E-state index contributed by atoms with van der Waals surface area (Å²) in [5.74, 6) is 0.608. The number of ether oxygens (including phenoxy) is 1. The van der Waals surface area contributed by atoms with E-state index < -0.39 is 10.0 Å². The molecule has 2 aromatic carbocycles. The van der Waals surface area contributed by atoms with Gasteiger partial charge in [0.05, 0.1) is 17.7 Å². The van der Waals surface area contributed by atoms with E-state index in [2.05, 4.69) is 10.6 Å². The number of sulfonamides is 1. The highest BCUT2D eigenvalue weighted by atomic mass is 35.5. The Bertz CT molecular complexity index is 943. The van der Waals surface area contributed by atoms with Crippen molar-refractivity contribution in [1.82, 2.24) is 4.31 Å². The molecule has 150 valence electrons. The predicted molar refractivity (Wildman–Crippen MR) is 117 cm³/mol. The molecule has 2 N–H and O–H groups in total. The SMILES string of the molecule is COc1ccc(Cl)cc1NC(=S)Nc1ccc(S(=O)(=O)N2CCCCC2)cc1. The molecule has 9 heteroatoms. The maximum atomic E-state index is 12.7.